The molecule has 0 unspecified atom stereocenters. The molecule has 0 fully saturated rings. The van der Waals surface area contributed by atoms with E-state index in [4.69, 9.17) is 0 Å². The summed E-state index contributed by atoms with van der Waals surface area (Å²) in [5, 5.41) is 0. The summed E-state index contributed by atoms with van der Waals surface area (Å²) in [6.45, 7) is 3.33. The smallest absolute Gasteiger partial charge is 0.212 e. The molecule has 0 saturated heterocycles. The zero-order chi connectivity index (χ0) is 11.2. The van der Waals surface area contributed by atoms with E-state index in [1.165, 1.54) is 24.1 Å². The largest absolute Gasteiger partial charge is 1.00 e. The molecule has 0 aliphatic heterocycles. The van der Waals surface area contributed by atoms with Crippen molar-refractivity contribution in [3.8, 4) is 11.3 Å². The standard InChI is InChI=1S/C15H18N.HI/c1-2-3-12-16-13-8-7-11-15(16)14-9-5-4-6-10-14;/h4-11,13H,2-3,12H2,1H3;1H/q+1;/p-1. The Morgan fingerprint density at radius 2 is 1.65 bits per heavy atom. The van der Waals surface area contributed by atoms with Crippen LogP contribution in [0.3, 0.4) is 0 Å². The molecule has 0 saturated carbocycles. The van der Waals surface area contributed by atoms with Crippen molar-refractivity contribution in [1.29, 1.82) is 0 Å². The average Bonchev–Trinajstić information content (AvgIpc) is 2.38. The Bertz CT molecular complexity index is 440. The normalized spacial score (nSPS) is 9.71. The van der Waals surface area contributed by atoms with Crippen LogP contribution in [0.5, 0.6) is 0 Å². The van der Waals surface area contributed by atoms with Crippen molar-refractivity contribution in [3.63, 3.8) is 0 Å². The van der Waals surface area contributed by atoms with Crippen molar-refractivity contribution < 1.29 is 28.5 Å². The van der Waals surface area contributed by atoms with Crippen molar-refractivity contribution >= 4 is 0 Å². The highest BCUT2D eigenvalue weighted by Crippen LogP contribution is 2.13. The van der Waals surface area contributed by atoms with Gasteiger partial charge in [0.2, 0.25) is 5.69 Å². The third-order valence-electron chi connectivity index (χ3n) is 2.76. The number of unbranched alkanes of at least 4 members (excludes halogenated alkanes) is 1. The molecule has 2 heteroatoms. The van der Waals surface area contributed by atoms with E-state index in [0.717, 1.165) is 6.54 Å². The van der Waals surface area contributed by atoms with Crippen LogP contribution in [0.2, 0.25) is 0 Å². The van der Waals surface area contributed by atoms with E-state index in [2.05, 4.69) is 66.2 Å². The molecule has 90 valence electrons. The summed E-state index contributed by atoms with van der Waals surface area (Å²) >= 11 is 0. The highest BCUT2D eigenvalue weighted by atomic mass is 127. The van der Waals surface area contributed by atoms with Gasteiger partial charge in [0, 0.05) is 24.1 Å². The molecule has 0 amide bonds. The number of nitrogens with zero attached hydrogens (tertiary/aromatic N) is 1. The predicted octanol–water partition coefficient (Wildman–Crippen LogP) is 0.445. The highest BCUT2D eigenvalue weighted by Gasteiger charge is 2.10. The number of pyridine rings is 1. The zero-order valence-corrected chi connectivity index (χ0v) is 12.3. The highest BCUT2D eigenvalue weighted by molar-refractivity contribution is 5.55. The molecule has 0 atom stereocenters. The van der Waals surface area contributed by atoms with Gasteiger partial charge in [0.15, 0.2) is 6.20 Å². The van der Waals surface area contributed by atoms with Crippen LogP contribution in [-0.2, 0) is 6.54 Å². The van der Waals surface area contributed by atoms with Gasteiger partial charge in [0.25, 0.3) is 0 Å². The molecular formula is C15H18IN. The van der Waals surface area contributed by atoms with Crippen LogP contribution in [0.15, 0.2) is 54.7 Å². The van der Waals surface area contributed by atoms with E-state index in [1.54, 1.807) is 0 Å². The molecule has 17 heavy (non-hydrogen) atoms. The number of benzene rings is 1. The molecule has 0 radical (unpaired) electrons. The van der Waals surface area contributed by atoms with Gasteiger partial charge in [0.05, 0.1) is 0 Å². The summed E-state index contributed by atoms with van der Waals surface area (Å²) in [5.41, 5.74) is 2.59. The van der Waals surface area contributed by atoms with E-state index >= 15 is 0 Å². The van der Waals surface area contributed by atoms with Gasteiger partial charge in [-0.1, -0.05) is 31.5 Å². The van der Waals surface area contributed by atoms with Crippen molar-refractivity contribution in [2.24, 2.45) is 0 Å². The third-order valence-corrected chi connectivity index (χ3v) is 2.76. The number of aromatic nitrogens is 1. The Balaban J connectivity index is 0.00000144. The molecule has 0 bridgehead atoms. The van der Waals surface area contributed by atoms with Gasteiger partial charge in [-0.25, -0.2) is 0 Å². The lowest BCUT2D eigenvalue weighted by Crippen LogP contribution is -3.00. The maximum atomic E-state index is 2.33. The molecule has 0 N–H and O–H groups in total. The Kier molecular flexibility index (Phi) is 6.19. The number of rotatable bonds is 4. The topological polar surface area (TPSA) is 3.88 Å². The molecule has 2 aromatic rings. The summed E-state index contributed by atoms with van der Waals surface area (Å²) in [5.74, 6) is 0. The minimum absolute atomic E-state index is 0. The van der Waals surface area contributed by atoms with Gasteiger partial charge in [-0.05, 0) is 18.2 Å². The maximum absolute atomic E-state index is 2.33. The molecule has 1 heterocycles. The summed E-state index contributed by atoms with van der Waals surface area (Å²) < 4.78 is 2.33. The van der Waals surface area contributed by atoms with Crippen LogP contribution in [0.4, 0.5) is 0 Å². The SMILES string of the molecule is CCCC[n+]1ccccc1-c1ccccc1.[I-]. The van der Waals surface area contributed by atoms with E-state index < -0.39 is 0 Å². The summed E-state index contributed by atoms with van der Waals surface area (Å²) in [7, 11) is 0. The Morgan fingerprint density at radius 1 is 0.941 bits per heavy atom. The molecule has 1 nitrogen and oxygen atoms in total. The second-order valence-corrected chi connectivity index (χ2v) is 4.00. The Labute approximate surface area is 121 Å². The predicted molar refractivity (Wildman–Crippen MR) is 67.0 cm³/mol. The molecule has 0 spiro atoms. The summed E-state index contributed by atoms with van der Waals surface area (Å²) in [6, 6.07) is 17.0. The van der Waals surface area contributed by atoms with Gasteiger partial charge in [-0.15, -0.1) is 0 Å². The lowest BCUT2D eigenvalue weighted by Gasteiger charge is -2.02. The van der Waals surface area contributed by atoms with Crippen LogP contribution in [0, 0.1) is 0 Å². The average molecular weight is 339 g/mol. The van der Waals surface area contributed by atoms with Crippen LogP contribution in [0.25, 0.3) is 11.3 Å². The first-order valence-corrected chi connectivity index (χ1v) is 5.95. The van der Waals surface area contributed by atoms with E-state index in [-0.39, 0.29) is 24.0 Å². The van der Waals surface area contributed by atoms with Crippen LogP contribution < -0.4 is 28.5 Å². The fourth-order valence-electron chi connectivity index (χ4n) is 1.87. The fourth-order valence-corrected chi connectivity index (χ4v) is 1.87. The van der Waals surface area contributed by atoms with Crippen LogP contribution in [-0.4, -0.2) is 0 Å². The maximum Gasteiger partial charge on any atom is 0.212 e. The quantitative estimate of drug-likeness (QED) is 0.563. The monoisotopic (exact) mass is 339 g/mol. The van der Waals surface area contributed by atoms with Crippen molar-refractivity contribution in [2.45, 2.75) is 26.3 Å². The Morgan fingerprint density at radius 3 is 2.35 bits per heavy atom. The first kappa shape index (κ1) is 14.2. The summed E-state index contributed by atoms with van der Waals surface area (Å²) in [4.78, 5) is 0. The van der Waals surface area contributed by atoms with Gasteiger partial charge >= 0.3 is 0 Å². The molecule has 0 aliphatic carbocycles. The first-order valence-electron chi connectivity index (χ1n) is 5.95. The van der Waals surface area contributed by atoms with E-state index in [1.807, 2.05) is 0 Å². The number of hydrogen-bond donors (Lipinski definition) is 0. The molecule has 1 aromatic carbocycles. The molecular weight excluding hydrogens is 321 g/mol. The summed E-state index contributed by atoms with van der Waals surface area (Å²) in [6.07, 6.45) is 4.63. The molecule has 1 aromatic heterocycles. The lowest BCUT2D eigenvalue weighted by atomic mass is 10.1. The number of hydrogen-bond acceptors (Lipinski definition) is 0. The minimum atomic E-state index is 0. The molecule has 0 aliphatic rings. The van der Waals surface area contributed by atoms with Gasteiger partial charge < -0.3 is 24.0 Å². The van der Waals surface area contributed by atoms with Gasteiger partial charge in [0.1, 0.15) is 6.54 Å². The van der Waals surface area contributed by atoms with Gasteiger partial charge in [-0.3, -0.25) is 0 Å². The second-order valence-electron chi connectivity index (χ2n) is 4.00. The van der Waals surface area contributed by atoms with E-state index in [0.29, 0.717) is 0 Å². The fraction of sp³-hybridized carbons (Fsp3) is 0.267. The zero-order valence-electron chi connectivity index (χ0n) is 10.1. The minimum Gasteiger partial charge on any atom is -1.00 e. The van der Waals surface area contributed by atoms with Gasteiger partial charge in [-0.2, -0.15) is 4.57 Å². The van der Waals surface area contributed by atoms with Crippen LogP contribution in [0.1, 0.15) is 19.8 Å². The molecule has 2 rings (SSSR count). The second kappa shape index (κ2) is 7.43. The van der Waals surface area contributed by atoms with Crippen LogP contribution >= 0.6 is 0 Å². The van der Waals surface area contributed by atoms with E-state index in [9.17, 15) is 0 Å². The van der Waals surface area contributed by atoms with Crippen molar-refractivity contribution in [3.05, 3.63) is 54.7 Å². The number of aryl methyl sites for hydroxylation is 1. The van der Waals surface area contributed by atoms with Crippen molar-refractivity contribution in [2.75, 3.05) is 0 Å². The first-order chi connectivity index (χ1) is 7.92. The third kappa shape index (κ3) is 3.80. The number of halogens is 1. The Hall–Kier alpha value is -0.900. The van der Waals surface area contributed by atoms with Crippen molar-refractivity contribution in [1.82, 2.24) is 0 Å². The lowest BCUT2D eigenvalue weighted by molar-refractivity contribution is -0.686.